The fourth-order valence-electron chi connectivity index (χ4n) is 2.48. The molecule has 0 saturated carbocycles. The van der Waals surface area contributed by atoms with Crippen LogP contribution in [0.15, 0.2) is 0 Å². The molecule has 0 radical (unpaired) electrons. The Kier molecular flexibility index (Phi) is 3.67. The third-order valence-electron chi connectivity index (χ3n) is 3.79. The summed E-state index contributed by atoms with van der Waals surface area (Å²) in [5.74, 6) is 0.577. The third kappa shape index (κ3) is 2.13. The summed E-state index contributed by atoms with van der Waals surface area (Å²) in [6, 6.07) is 0.360. The molecule has 0 aromatic rings. The molecule has 15 heavy (non-hydrogen) atoms. The van der Waals surface area contributed by atoms with Crippen molar-refractivity contribution in [2.75, 3.05) is 13.1 Å². The quantitative estimate of drug-likeness (QED) is 0.742. The summed E-state index contributed by atoms with van der Waals surface area (Å²) in [5.41, 5.74) is 0.111. The van der Waals surface area contributed by atoms with Crippen molar-refractivity contribution in [3.63, 3.8) is 0 Å². The van der Waals surface area contributed by atoms with E-state index in [0.717, 1.165) is 25.9 Å². The van der Waals surface area contributed by atoms with Gasteiger partial charge in [-0.1, -0.05) is 0 Å². The van der Waals surface area contributed by atoms with Crippen LogP contribution in [0.2, 0.25) is 0 Å². The van der Waals surface area contributed by atoms with Crippen molar-refractivity contribution < 1.29 is 4.79 Å². The molecule has 2 rings (SSSR count). The molecule has 88 valence electrons. The number of nitrogens with one attached hydrogen (secondary N) is 1. The summed E-state index contributed by atoms with van der Waals surface area (Å²) in [6.45, 7) is 8.37. The van der Waals surface area contributed by atoms with Crippen LogP contribution in [0.25, 0.3) is 0 Å². The second-order valence-electron chi connectivity index (χ2n) is 5.19. The zero-order chi connectivity index (χ0) is 10.3. The molecule has 1 N–H and O–H groups in total. The molecule has 0 spiro atoms. The zero-order valence-corrected chi connectivity index (χ0v) is 10.6. The van der Waals surface area contributed by atoms with Crippen molar-refractivity contribution in [3.8, 4) is 0 Å². The molecule has 2 unspecified atom stereocenters. The molecule has 2 fully saturated rings. The molecular weight excluding hydrogens is 212 g/mol. The van der Waals surface area contributed by atoms with Crippen LogP contribution < -0.4 is 5.32 Å². The number of carbonyl (C=O) groups excluding carboxylic acids is 1. The molecule has 2 aliphatic rings. The lowest BCUT2D eigenvalue weighted by molar-refractivity contribution is -0.149. The first-order valence-corrected chi connectivity index (χ1v) is 5.57. The maximum Gasteiger partial charge on any atom is 0.227 e. The van der Waals surface area contributed by atoms with Crippen LogP contribution in [0.3, 0.4) is 0 Å². The predicted octanol–water partition coefficient (Wildman–Crippen LogP) is 1.42. The van der Waals surface area contributed by atoms with Crippen LogP contribution in [0.4, 0.5) is 0 Å². The van der Waals surface area contributed by atoms with Gasteiger partial charge in [-0.25, -0.2) is 0 Å². The number of hydrogen-bond donors (Lipinski definition) is 1. The Morgan fingerprint density at radius 1 is 1.47 bits per heavy atom. The number of nitrogens with zero attached hydrogens (tertiary/aromatic N) is 1. The van der Waals surface area contributed by atoms with Gasteiger partial charge < -0.3 is 10.2 Å². The third-order valence-corrected chi connectivity index (χ3v) is 3.79. The minimum Gasteiger partial charge on any atom is -0.337 e. The summed E-state index contributed by atoms with van der Waals surface area (Å²) in [7, 11) is 0. The van der Waals surface area contributed by atoms with Gasteiger partial charge in [0.25, 0.3) is 0 Å². The Morgan fingerprint density at radius 3 is 2.47 bits per heavy atom. The molecule has 0 aromatic heterocycles. The number of likely N-dealkylation sites (tertiary alicyclic amines) is 1. The highest BCUT2D eigenvalue weighted by molar-refractivity contribution is 5.85. The average Bonchev–Trinajstić information content (AvgIpc) is 2.49. The Labute approximate surface area is 98.0 Å². The Morgan fingerprint density at radius 2 is 2.13 bits per heavy atom. The van der Waals surface area contributed by atoms with E-state index in [1.54, 1.807) is 0 Å². The summed E-state index contributed by atoms with van der Waals surface area (Å²) < 4.78 is 0. The molecule has 4 heteroatoms. The summed E-state index contributed by atoms with van der Waals surface area (Å²) in [6.07, 6.45) is 2.15. The first-order chi connectivity index (χ1) is 6.52. The summed E-state index contributed by atoms with van der Waals surface area (Å²) in [4.78, 5) is 14.2. The van der Waals surface area contributed by atoms with E-state index in [9.17, 15) is 4.79 Å². The van der Waals surface area contributed by atoms with Crippen molar-refractivity contribution >= 4 is 18.3 Å². The van der Waals surface area contributed by atoms with Gasteiger partial charge in [0.15, 0.2) is 0 Å². The molecule has 2 heterocycles. The van der Waals surface area contributed by atoms with Crippen molar-refractivity contribution in [1.82, 2.24) is 10.2 Å². The number of hydrogen-bond acceptors (Lipinski definition) is 2. The van der Waals surface area contributed by atoms with Crippen molar-refractivity contribution in [2.24, 2.45) is 5.92 Å². The molecular formula is C11H21ClN2O. The summed E-state index contributed by atoms with van der Waals surface area (Å²) in [5, 5.41) is 3.33. The van der Waals surface area contributed by atoms with Crippen LogP contribution in [0, 0.1) is 5.92 Å². The second kappa shape index (κ2) is 4.30. The molecule has 0 aromatic carbocycles. The van der Waals surface area contributed by atoms with Crippen molar-refractivity contribution in [2.45, 2.75) is 45.2 Å². The lowest BCUT2D eigenvalue weighted by Crippen LogP contribution is -2.60. The van der Waals surface area contributed by atoms with E-state index in [1.807, 2.05) is 4.90 Å². The van der Waals surface area contributed by atoms with Crippen LogP contribution in [-0.2, 0) is 4.79 Å². The molecule has 3 nitrogen and oxygen atoms in total. The standard InChI is InChI=1S/C11H20N2O.ClH/c1-8-9(4-6-12-8)10(14)13-7-5-11(13,2)3;/h8-9,12H,4-7H2,1-3H3;1H. The molecule has 2 atom stereocenters. The van der Waals surface area contributed by atoms with E-state index in [1.165, 1.54) is 0 Å². The van der Waals surface area contributed by atoms with E-state index in [0.29, 0.717) is 11.9 Å². The van der Waals surface area contributed by atoms with Crippen molar-refractivity contribution in [3.05, 3.63) is 0 Å². The van der Waals surface area contributed by atoms with Crippen LogP contribution in [0.1, 0.15) is 33.6 Å². The zero-order valence-electron chi connectivity index (χ0n) is 9.75. The average molecular weight is 233 g/mol. The number of carbonyl (C=O) groups is 1. The Balaban J connectivity index is 0.00000112. The molecule has 0 bridgehead atoms. The minimum atomic E-state index is 0. The van der Waals surface area contributed by atoms with E-state index in [2.05, 4.69) is 26.1 Å². The van der Waals surface area contributed by atoms with Gasteiger partial charge in [0.2, 0.25) is 5.91 Å². The van der Waals surface area contributed by atoms with Gasteiger partial charge in [-0.3, -0.25) is 4.79 Å². The summed E-state index contributed by atoms with van der Waals surface area (Å²) >= 11 is 0. The fourth-order valence-corrected chi connectivity index (χ4v) is 2.48. The Hall–Kier alpha value is -0.280. The molecule has 1 amide bonds. The van der Waals surface area contributed by atoms with E-state index < -0.39 is 0 Å². The van der Waals surface area contributed by atoms with Crippen LogP contribution in [0.5, 0.6) is 0 Å². The van der Waals surface area contributed by atoms with Gasteiger partial charge in [-0.05, 0) is 40.2 Å². The van der Waals surface area contributed by atoms with Crippen LogP contribution >= 0.6 is 12.4 Å². The van der Waals surface area contributed by atoms with Gasteiger partial charge in [0.05, 0.1) is 5.92 Å². The monoisotopic (exact) mass is 232 g/mol. The molecule has 2 aliphatic heterocycles. The van der Waals surface area contributed by atoms with Crippen molar-refractivity contribution in [1.29, 1.82) is 0 Å². The normalized spacial score (nSPS) is 33.1. The maximum absolute atomic E-state index is 12.1. The van der Waals surface area contributed by atoms with Gasteiger partial charge in [-0.15, -0.1) is 12.4 Å². The number of amides is 1. The highest BCUT2D eigenvalue weighted by Crippen LogP contribution is 2.32. The largest absolute Gasteiger partial charge is 0.337 e. The van der Waals surface area contributed by atoms with E-state index in [4.69, 9.17) is 0 Å². The lowest BCUT2D eigenvalue weighted by Gasteiger charge is -2.49. The first kappa shape index (κ1) is 12.8. The second-order valence-corrected chi connectivity index (χ2v) is 5.19. The van der Waals surface area contributed by atoms with Gasteiger partial charge >= 0.3 is 0 Å². The number of halogens is 1. The SMILES string of the molecule is CC1NCCC1C(=O)N1CCC1(C)C.Cl. The van der Waals surface area contributed by atoms with Crippen LogP contribution in [-0.4, -0.2) is 35.5 Å². The van der Waals surface area contributed by atoms with Gasteiger partial charge in [0.1, 0.15) is 0 Å². The van der Waals surface area contributed by atoms with E-state index >= 15 is 0 Å². The maximum atomic E-state index is 12.1. The minimum absolute atomic E-state index is 0. The highest BCUT2D eigenvalue weighted by Gasteiger charge is 2.43. The first-order valence-electron chi connectivity index (χ1n) is 5.57. The smallest absolute Gasteiger partial charge is 0.227 e. The van der Waals surface area contributed by atoms with Gasteiger partial charge in [-0.2, -0.15) is 0 Å². The van der Waals surface area contributed by atoms with Gasteiger partial charge in [0, 0.05) is 18.1 Å². The highest BCUT2D eigenvalue weighted by atomic mass is 35.5. The molecule has 2 saturated heterocycles. The predicted molar refractivity (Wildman–Crippen MR) is 63.2 cm³/mol. The molecule has 0 aliphatic carbocycles. The van der Waals surface area contributed by atoms with E-state index in [-0.39, 0.29) is 23.9 Å². The number of rotatable bonds is 1. The lowest BCUT2D eigenvalue weighted by atomic mass is 9.86. The Bertz CT molecular complexity index is 251. The fraction of sp³-hybridized carbons (Fsp3) is 0.909. The topological polar surface area (TPSA) is 32.3 Å².